The van der Waals surface area contributed by atoms with Crippen molar-refractivity contribution in [3.8, 4) is 11.6 Å². The number of H-pyrrole nitrogens is 1. The Hall–Kier alpha value is -2.78. The van der Waals surface area contributed by atoms with Crippen LogP contribution in [0.5, 0.6) is 0 Å². The fourth-order valence-corrected chi connectivity index (χ4v) is 3.43. The van der Waals surface area contributed by atoms with E-state index < -0.39 is 6.04 Å². The third-order valence-corrected chi connectivity index (χ3v) is 5.07. The Morgan fingerprint density at radius 3 is 2.72 bits per heavy atom. The van der Waals surface area contributed by atoms with Crippen LogP contribution in [0.2, 0.25) is 0 Å². The average molecular weight is 403 g/mol. The third-order valence-electron chi connectivity index (χ3n) is 5.07. The van der Waals surface area contributed by atoms with Gasteiger partial charge in [-0.15, -0.1) is 0 Å². The first-order chi connectivity index (χ1) is 13.7. The van der Waals surface area contributed by atoms with E-state index >= 15 is 0 Å². The Morgan fingerprint density at radius 2 is 2.10 bits per heavy atom. The van der Waals surface area contributed by atoms with Crippen LogP contribution in [-0.2, 0) is 9.59 Å². The minimum Gasteiger partial charge on any atom is -0.343 e. The van der Waals surface area contributed by atoms with Crippen LogP contribution in [-0.4, -0.2) is 55.1 Å². The number of piperidine rings is 1. The van der Waals surface area contributed by atoms with Crippen LogP contribution in [0.4, 0.5) is 0 Å². The zero-order chi connectivity index (χ0) is 21.2. The Kier molecular flexibility index (Phi) is 5.99. The van der Waals surface area contributed by atoms with Gasteiger partial charge in [0.15, 0.2) is 5.82 Å². The number of aromatic amines is 1. The van der Waals surface area contributed by atoms with Crippen molar-refractivity contribution in [2.45, 2.75) is 53.5 Å². The second-order valence-corrected chi connectivity index (χ2v) is 8.88. The molecule has 0 unspecified atom stereocenters. The number of amides is 2. The van der Waals surface area contributed by atoms with E-state index in [1.54, 1.807) is 4.90 Å². The molecule has 0 aromatic carbocycles. The van der Waals surface area contributed by atoms with Crippen molar-refractivity contribution in [3.63, 3.8) is 0 Å². The summed E-state index contributed by atoms with van der Waals surface area (Å²) in [6, 6.07) is -0.477. The summed E-state index contributed by atoms with van der Waals surface area (Å²) >= 11 is 0. The molecule has 1 saturated heterocycles. The van der Waals surface area contributed by atoms with Crippen molar-refractivity contribution in [1.82, 2.24) is 35.5 Å². The highest BCUT2D eigenvalue weighted by Gasteiger charge is 2.36. The molecule has 0 spiro atoms. The standard InChI is InChI=1S/C19H29N7O3/c1-11(2)18(28)26-8-6-7-12(9-26)16(27)22-13(19(3,4)5)17-23-15(25-29-17)14-20-10-21-24-14/h10-13H,6-9H2,1-5H3,(H,22,27)(H,20,21,24)/t12-,13+/m0/s1. The number of carbonyl (C=O) groups is 2. The summed E-state index contributed by atoms with van der Waals surface area (Å²) in [5, 5.41) is 13.5. The maximum Gasteiger partial charge on any atom is 0.250 e. The van der Waals surface area contributed by atoms with Crippen LogP contribution >= 0.6 is 0 Å². The van der Waals surface area contributed by atoms with E-state index in [2.05, 4.69) is 30.6 Å². The Morgan fingerprint density at radius 1 is 1.34 bits per heavy atom. The normalized spacial score (nSPS) is 18.7. The van der Waals surface area contributed by atoms with Crippen molar-refractivity contribution < 1.29 is 14.1 Å². The second-order valence-electron chi connectivity index (χ2n) is 8.88. The van der Waals surface area contributed by atoms with E-state index in [0.717, 1.165) is 12.8 Å². The molecule has 3 rings (SSSR count). The molecule has 3 heterocycles. The minimum absolute atomic E-state index is 0.0768. The van der Waals surface area contributed by atoms with Crippen LogP contribution in [0.15, 0.2) is 10.9 Å². The van der Waals surface area contributed by atoms with Gasteiger partial charge in [0, 0.05) is 19.0 Å². The molecule has 29 heavy (non-hydrogen) atoms. The molecule has 1 aliphatic heterocycles. The Balaban J connectivity index is 1.74. The molecule has 2 aromatic rings. The predicted molar refractivity (Wildman–Crippen MR) is 104 cm³/mol. The number of hydrogen-bond donors (Lipinski definition) is 2. The molecule has 10 heteroatoms. The summed E-state index contributed by atoms with van der Waals surface area (Å²) in [6.07, 6.45) is 2.92. The summed E-state index contributed by atoms with van der Waals surface area (Å²) < 4.78 is 5.43. The van der Waals surface area contributed by atoms with Crippen molar-refractivity contribution in [3.05, 3.63) is 12.2 Å². The maximum atomic E-state index is 13.0. The summed E-state index contributed by atoms with van der Waals surface area (Å²) in [6.45, 7) is 10.9. The van der Waals surface area contributed by atoms with Crippen LogP contribution in [0.3, 0.4) is 0 Å². The SMILES string of the molecule is CC(C)C(=O)N1CCC[C@H](C(=O)N[C@H](c2nc(-c3ncn[nH]3)no2)C(C)(C)C)C1. The lowest BCUT2D eigenvalue weighted by atomic mass is 9.85. The maximum absolute atomic E-state index is 13.0. The topological polar surface area (TPSA) is 130 Å². The van der Waals surface area contributed by atoms with Gasteiger partial charge in [0.1, 0.15) is 12.4 Å². The van der Waals surface area contributed by atoms with E-state index in [-0.39, 0.29) is 34.9 Å². The largest absolute Gasteiger partial charge is 0.343 e. The number of rotatable bonds is 5. The van der Waals surface area contributed by atoms with Gasteiger partial charge in [0.05, 0.1) is 5.92 Å². The minimum atomic E-state index is -0.477. The molecule has 2 N–H and O–H groups in total. The number of aromatic nitrogens is 5. The molecule has 2 aromatic heterocycles. The van der Waals surface area contributed by atoms with Gasteiger partial charge in [0.25, 0.3) is 0 Å². The van der Waals surface area contributed by atoms with Gasteiger partial charge in [0.2, 0.25) is 23.5 Å². The van der Waals surface area contributed by atoms with Crippen LogP contribution in [0.25, 0.3) is 11.6 Å². The van der Waals surface area contributed by atoms with Gasteiger partial charge >= 0.3 is 0 Å². The summed E-state index contributed by atoms with van der Waals surface area (Å²) in [7, 11) is 0. The molecule has 10 nitrogen and oxygen atoms in total. The van der Waals surface area contributed by atoms with Gasteiger partial charge in [-0.25, -0.2) is 4.98 Å². The summed E-state index contributed by atoms with van der Waals surface area (Å²) in [5.74, 6) is 0.638. The molecule has 1 fully saturated rings. The second kappa shape index (κ2) is 8.30. The van der Waals surface area contributed by atoms with Gasteiger partial charge in [-0.1, -0.05) is 39.8 Å². The van der Waals surface area contributed by atoms with Crippen LogP contribution in [0, 0.1) is 17.3 Å². The van der Waals surface area contributed by atoms with Gasteiger partial charge in [-0.05, 0) is 18.3 Å². The Bertz CT molecular complexity index is 838. The first-order valence-electron chi connectivity index (χ1n) is 9.95. The van der Waals surface area contributed by atoms with Gasteiger partial charge < -0.3 is 14.7 Å². The van der Waals surface area contributed by atoms with Gasteiger partial charge in [-0.2, -0.15) is 10.1 Å². The molecular formula is C19H29N7O3. The van der Waals surface area contributed by atoms with E-state index in [9.17, 15) is 9.59 Å². The quantitative estimate of drug-likeness (QED) is 0.780. The van der Waals surface area contributed by atoms with Crippen molar-refractivity contribution in [1.29, 1.82) is 0 Å². The fourth-order valence-electron chi connectivity index (χ4n) is 3.43. The lowest BCUT2D eigenvalue weighted by molar-refractivity contribution is -0.138. The van der Waals surface area contributed by atoms with Crippen molar-refractivity contribution in [2.75, 3.05) is 13.1 Å². The average Bonchev–Trinajstić information content (AvgIpc) is 3.35. The Labute approximate surface area is 169 Å². The molecule has 0 aliphatic carbocycles. The molecule has 2 amide bonds. The zero-order valence-corrected chi connectivity index (χ0v) is 17.6. The molecule has 2 atom stereocenters. The number of hydrogen-bond acceptors (Lipinski definition) is 7. The summed E-state index contributed by atoms with van der Waals surface area (Å²) in [5.41, 5.74) is -0.358. The fraction of sp³-hybridized carbons (Fsp3) is 0.684. The highest BCUT2D eigenvalue weighted by atomic mass is 16.5. The number of nitrogens with one attached hydrogen (secondary N) is 2. The van der Waals surface area contributed by atoms with E-state index in [4.69, 9.17) is 4.52 Å². The van der Waals surface area contributed by atoms with E-state index in [1.165, 1.54) is 6.33 Å². The number of carbonyl (C=O) groups excluding carboxylic acids is 2. The number of likely N-dealkylation sites (tertiary alicyclic amines) is 1. The highest BCUT2D eigenvalue weighted by molar-refractivity contribution is 5.82. The molecule has 0 saturated carbocycles. The van der Waals surface area contributed by atoms with Gasteiger partial charge in [-0.3, -0.25) is 14.7 Å². The molecule has 1 aliphatic rings. The lowest BCUT2D eigenvalue weighted by Crippen LogP contribution is -2.48. The zero-order valence-electron chi connectivity index (χ0n) is 17.6. The first-order valence-corrected chi connectivity index (χ1v) is 9.95. The summed E-state index contributed by atoms with van der Waals surface area (Å²) in [4.78, 5) is 35.6. The van der Waals surface area contributed by atoms with E-state index in [1.807, 2.05) is 34.6 Å². The molecule has 0 radical (unpaired) electrons. The van der Waals surface area contributed by atoms with Crippen LogP contribution in [0.1, 0.15) is 59.4 Å². The number of nitrogens with zero attached hydrogens (tertiary/aromatic N) is 5. The molecule has 0 bridgehead atoms. The molecule has 158 valence electrons. The van der Waals surface area contributed by atoms with Crippen molar-refractivity contribution >= 4 is 11.8 Å². The predicted octanol–water partition coefficient (Wildman–Crippen LogP) is 1.95. The third kappa shape index (κ3) is 4.80. The first kappa shape index (κ1) is 20.9. The highest BCUT2D eigenvalue weighted by Crippen LogP contribution is 2.33. The van der Waals surface area contributed by atoms with Crippen molar-refractivity contribution in [2.24, 2.45) is 17.3 Å². The molecular weight excluding hydrogens is 374 g/mol. The van der Waals surface area contributed by atoms with Crippen LogP contribution < -0.4 is 5.32 Å². The monoisotopic (exact) mass is 403 g/mol. The smallest absolute Gasteiger partial charge is 0.250 e. The lowest BCUT2D eigenvalue weighted by Gasteiger charge is -2.35. The van der Waals surface area contributed by atoms with E-state index in [0.29, 0.717) is 24.8 Å².